The summed E-state index contributed by atoms with van der Waals surface area (Å²) in [5.41, 5.74) is 2.57. The summed E-state index contributed by atoms with van der Waals surface area (Å²) in [7, 11) is 0. The number of nitrogens with zero attached hydrogens (tertiary/aromatic N) is 1. The van der Waals surface area contributed by atoms with Crippen molar-refractivity contribution in [2.75, 3.05) is 6.61 Å². The van der Waals surface area contributed by atoms with Gasteiger partial charge in [-0.05, 0) is 28.1 Å². The van der Waals surface area contributed by atoms with Crippen LogP contribution in [-0.2, 0) is 17.9 Å². The SMILES string of the molecule is Brc1cccc2cc3n(c12)CCOC3. The predicted molar refractivity (Wildman–Crippen MR) is 59.3 cm³/mol. The normalized spacial score (nSPS) is 15.8. The molecule has 0 saturated heterocycles. The van der Waals surface area contributed by atoms with Gasteiger partial charge in [0.05, 0.1) is 18.7 Å². The van der Waals surface area contributed by atoms with Gasteiger partial charge in [0.15, 0.2) is 0 Å². The van der Waals surface area contributed by atoms with Crippen LogP contribution in [0.1, 0.15) is 5.69 Å². The van der Waals surface area contributed by atoms with E-state index in [4.69, 9.17) is 4.74 Å². The van der Waals surface area contributed by atoms with Crippen molar-refractivity contribution in [1.29, 1.82) is 0 Å². The highest BCUT2D eigenvalue weighted by atomic mass is 79.9. The molecule has 0 spiro atoms. The molecule has 0 saturated carbocycles. The molecule has 72 valence electrons. The Hall–Kier alpha value is -0.800. The van der Waals surface area contributed by atoms with E-state index < -0.39 is 0 Å². The van der Waals surface area contributed by atoms with E-state index in [0.717, 1.165) is 19.8 Å². The van der Waals surface area contributed by atoms with Crippen molar-refractivity contribution in [2.24, 2.45) is 0 Å². The van der Waals surface area contributed by atoms with Crippen molar-refractivity contribution in [3.63, 3.8) is 0 Å². The molecule has 2 aromatic rings. The van der Waals surface area contributed by atoms with Crippen molar-refractivity contribution in [3.8, 4) is 0 Å². The minimum Gasteiger partial charge on any atom is -0.373 e. The summed E-state index contributed by atoms with van der Waals surface area (Å²) in [6.45, 7) is 2.51. The van der Waals surface area contributed by atoms with Gasteiger partial charge in [-0.2, -0.15) is 0 Å². The molecule has 0 unspecified atom stereocenters. The Morgan fingerprint density at radius 3 is 3.21 bits per heavy atom. The van der Waals surface area contributed by atoms with Crippen molar-refractivity contribution in [1.82, 2.24) is 4.57 Å². The Kier molecular flexibility index (Phi) is 1.89. The molecule has 0 N–H and O–H groups in total. The molecule has 2 nitrogen and oxygen atoms in total. The Morgan fingerprint density at radius 2 is 2.29 bits per heavy atom. The summed E-state index contributed by atoms with van der Waals surface area (Å²) in [5, 5.41) is 1.29. The number of hydrogen-bond acceptors (Lipinski definition) is 1. The third-order valence-electron chi connectivity index (χ3n) is 2.67. The molecule has 0 bridgehead atoms. The molecule has 2 heterocycles. The Bertz CT molecular complexity index is 489. The molecule has 1 aliphatic heterocycles. The minimum absolute atomic E-state index is 0.737. The van der Waals surface area contributed by atoms with Gasteiger partial charge in [-0.25, -0.2) is 0 Å². The second-order valence-electron chi connectivity index (χ2n) is 3.52. The number of para-hydroxylation sites is 1. The molecule has 1 aliphatic rings. The number of fused-ring (bicyclic) bond motifs is 3. The first-order chi connectivity index (χ1) is 6.86. The number of ether oxygens (including phenoxy) is 1. The predicted octanol–water partition coefficient (Wildman–Crippen LogP) is 2.93. The fraction of sp³-hybridized carbons (Fsp3) is 0.273. The zero-order chi connectivity index (χ0) is 9.54. The molecule has 14 heavy (non-hydrogen) atoms. The molecule has 1 aromatic heterocycles. The van der Waals surface area contributed by atoms with Crippen LogP contribution in [0.3, 0.4) is 0 Å². The van der Waals surface area contributed by atoms with Crippen LogP contribution < -0.4 is 0 Å². The summed E-state index contributed by atoms with van der Waals surface area (Å²) in [4.78, 5) is 0. The molecule has 3 rings (SSSR count). The van der Waals surface area contributed by atoms with Gasteiger partial charge in [-0.15, -0.1) is 0 Å². The van der Waals surface area contributed by atoms with Crippen LogP contribution in [0.4, 0.5) is 0 Å². The molecular weight excluding hydrogens is 242 g/mol. The zero-order valence-electron chi connectivity index (χ0n) is 7.66. The highest BCUT2D eigenvalue weighted by Gasteiger charge is 2.14. The molecule has 0 atom stereocenters. The Labute approximate surface area is 90.6 Å². The lowest BCUT2D eigenvalue weighted by Gasteiger charge is -2.16. The molecule has 0 amide bonds. The van der Waals surface area contributed by atoms with Crippen molar-refractivity contribution in [2.45, 2.75) is 13.2 Å². The number of aromatic nitrogens is 1. The number of rotatable bonds is 0. The summed E-state index contributed by atoms with van der Waals surface area (Å²) in [5.74, 6) is 0. The van der Waals surface area contributed by atoms with Gasteiger partial charge in [0.25, 0.3) is 0 Å². The van der Waals surface area contributed by atoms with Crippen LogP contribution >= 0.6 is 15.9 Å². The quantitative estimate of drug-likeness (QED) is 0.703. The smallest absolute Gasteiger partial charge is 0.0869 e. The number of hydrogen-bond donors (Lipinski definition) is 0. The van der Waals surface area contributed by atoms with Crippen LogP contribution in [0.25, 0.3) is 10.9 Å². The Balaban J connectivity index is 2.38. The maximum Gasteiger partial charge on any atom is 0.0869 e. The van der Waals surface area contributed by atoms with Crippen molar-refractivity contribution in [3.05, 3.63) is 34.4 Å². The van der Waals surface area contributed by atoms with E-state index in [2.05, 4.69) is 44.8 Å². The average Bonchev–Trinajstić information content (AvgIpc) is 2.57. The second kappa shape index (κ2) is 3.11. The summed E-state index contributed by atoms with van der Waals surface area (Å²) in [6, 6.07) is 8.51. The fourth-order valence-electron chi connectivity index (χ4n) is 2.04. The fourth-order valence-corrected chi connectivity index (χ4v) is 2.64. The van der Waals surface area contributed by atoms with Gasteiger partial charge in [-0.3, -0.25) is 0 Å². The molecule has 0 aliphatic carbocycles. The standard InChI is InChI=1S/C11H10BrNO/c12-10-3-1-2-8-6-9-7-14-5-4-13(9)11(8)10/h1-3,6H,4-5,7H2. The second-order valence-corrected chi connectivity index (χ2v) is 4.37. The lowest BCUT2D eigenvalue weighted by atomic mass is 10.2. The van der Waals surface area contributed by atoms with Crippen LogP contribution in [0.2, 0.25) is 0 Å². The first-order valence-electron chi connectivity index (χ1n) is 4.70. The topological polar surface area (TPSA) is 14.2 Å². The largest absolute Gasteiger partial charge is 0.373 e. The minimum atomic E-state index is 0.737. The van der Waals surface area contributed by atoms with Crippen LogP contribution in [0, 0.1) is 0 Å². The number of benzene rings is 1. The van der Waals surface area contributed by atoms with Crippen molar-refractivity contribution < 1.29 is 4.74 Å². The summed E-state index contributed by atoms with van der Waals surface area (Å²) >= 11 is 3.59. The third-order valence-corrected chi connectivity index (χ3v) is 3.31. The van der Waals surface area contributed by atoms with E-state index in [1.165, 1.54) is 21.1 Å². The third kappa shape index (κ3) is 1.12. The van der Waals surface area contributed by atoms with E-state index in [-0.39, 0.29) is 0 Å². The van der Waals surface area contributed by atoms with Crippen LogP contribution in [0.5, 0.6) is 0 Å². The van der Waals surface area contributed by atoms with Gasteiger partial charge in [0.2, 0.25) is 0 Å². The zero-order valence-corrected chi connectivity index (χ0v) is 9.25. The maximum atomic E-state index is 5.43. The van der Waals surface area contributed by atoms with E-state index in [1.54, 1.807) is 0 Å². The van der Waals surface area contributed by atoms with E-state index in [9.17, 15) is 0 Å². The van der Waals surface area contributed by atoms with Crippen molar-refractivity contribution >= 4 is 26.8 Å². The van der Waals surface area contributed by atoms with Gasteiger partial charge >= 0.3 is 0 Å². The van der Waals surface area contributed by atoms with E-state index in [0.29, 0.717) is 0 Å². The molecule has 3 heteroatoms. The maximum absolute atomic E-state index is 5.43. The highest BCUT2D eigenvalue weighted by Crippen LogP contribution is 2.28. The first-order valence-corrected chi connectivity index (χ1v) is 5.50. The van der Waals surface area contributed by atoms with Gasteiger partial charge in [0.1, 0.15) is 0 Å². The van der Waals surface area contributed by atoms with Gasteiger partial charge < -0.3 is 9.30 Å². The average molecular weight is 252 g/mol. The van der Waals surface area contributed by atoms with Gasteiger partial charge in [-0.1, -0.05) is 12.1 Å². The number of halogens is 1. The van der Waals surface area contributed by atoms with Crippen LogP contribution in [-0.4, -0.2) is 11.2 Å². The van der Waals surface area contributed by atoms with Crippen LogP contribution in [0.15, 0.2) is 28.7 Å². The lowest BCUT2D eigenvalue weighted by Crippen LogP contribution is -2.15. The molecule has 1 aromatic carbocycles. The van der Waals surface area contributed by atoms with E-state index >= 15 is 0 Å². The first kappa shape index (κ1) is 8.50. The molecule has 0 fully saturated rings. The highest BCUT2D eigenvalue weighted by molar-refractivity contribution is 9.10. The molecular formula is C11H10BrNO. The van der Waals surface area contributed by atoms with Gasteiger partial charge in [0, 0.05) is 22.1 Å². The Morgan fingerprint density at radius 1 is 1.36 bits per heavy atom. The summed E-state index contributed by atoms with van der Waals surface area (Å²) < 4.78 is 8.94. The van der Waals surface area contributed by atoms with E-state index in [1.807, 2.05) is 0 Å². The molecule has 0 radical (unpaired) electrons. The monoisotopic (exact) mass is 251 g/mol. The lowest BCUT2D eigenvalue weighted by molar-refractivity contribution is 0.0864. The summed E-state index contributed by atoms with van der Waals surface area (Å²) in [6.07, 6.45) is 0.